The highest BCUT2D eigenvalue weighted by Crippen LogP contribution is 2.38. The van der Waals surface area contributed by atoms with Gasteiger partial charge in [-0.25, -0.2) is 9.37 Å². The third kappa shape index (κ3) is 3.73. The van der Waals surface area contributed by atoms with Crippen LogP contribution in [0.25, 0.3) is 11.4 Å². The summed E-state index contributed by atoms with van der Waals surface area (Å²) in [7, 11) is 0. The number of hydrogen-bond acceptors (Lipinski definition) is 5. The second-order valence-corrected chi connectivity index (χ2v) is 7.24. The van der Waals surface area contributed by atoms with Crippen molar-refractivity contribution >= 4 is 17.3 Å². The minimum Gasteiger partial charge on any atom is -0.382 e. The monoisotopic (exact) mass is 391 g/mol. The van der Waals surface area contributed by atoms with Crippen LogP contribution < -0.4 is 5.32 Å². The summed E-state index contributed by atoms with van der Waals surface area (Å²) in [4.78, 5) is 22.4. The van der Waals surface area contributed by atoms with Crippen molar-refractivity contribution in [1.82, 2.24) is 15.2 Å². The number of nitrogens with zero attached hydrogens (tertiary/aromatic N) is 3. The lowest BCUT2D eigenvalue weighted by Crippen LogP contribution is -2.28. The van der Waals surface area contributed by atoms with Crippen LogP contribution in [-0.4, -0.2) is 32.9 Å². The molecule has 1 saturated carbocycles. The largest absolute Gasteiger partial charge is 0.382 e. The van der Waals surface area contributed by atoms with Crippen molar-refractivity contribution in [1.29, 1.82) is 0 Å². The summed E-state index contributed by atoms with van der Waals surface area (Å²) in [5.41, 5.74) is 2.59. The molecule has 7 nitrogen and oxygen atoms in total. The average Bonchev–Trinajstić information content (AvgIpc) is 3.26. The van der Waals surface area contributed by atoms with Gasteiger partial charge in [0.05, 0.1) is 5.71 Å². The van der Waals surface area contributed by atoms with Crippen LogP contribution in [0.15, 0.2) is 53.7 Å². The van der Waals surface area contributed by atoms with Gasteiger partial charge in [0, 0.05) is 29.2 Å². The molecule has 1 fully saturated rings. The summed E-state index contributed by atoms with van der Waals surface area (Å²) in [6, 6.07) is 13.4. The maximum Gasteiger partial charge on any atom is 0.268 e. The van der Waals surface area contributed by atoms with E-state index in [1.165, 1.54) is 12.1 Å². The number of anilines is 1. The summed E-state index contributed by atoms with van der Waals surface area (Å²) < 4.78 is 13.4. The van der Waals surface area contributed by atoms with Gasteiger partial charge in [0.15, 0.2) is 5.82 Å². The van der Waals surface area contributed by atoms with Crippen LogP contribution in [0.2, 0.25) is 0 Å². The van der Waals surface area contributed by atoms with E-state index < -0.39 is 6.10 Å². The standard InChI is InChI=1S/C21H18FN5O2/c22-15-5-1-3-13(9-15)17-11-18(29-27-17)21(28)23-16-6-2-4-14(10-16)20-24-19(25-26-20)12-7-8-12/h1-6,9-10,12,18H,7-8,11H2,(H,23,28)(H,24,25,26). The van der Waals surface area contributed by atoms with Crippen molar-refractivity contribution in [2.45, 2.75) is 31.3 Å². The van der Waals surface area contributed by atoms with Gasteiger partial charge in [0.25, 0.3) is 5.91 Å². The molecule has 1 aliphatic heterocycles. The molecule has 146 valence electrons. The number of nitrogens with one attached hydrogen (secondary N) is 2. The first-order chi connectivity index (χ1) is 14.2. The number of carbonyl (C=O) groups excluding carboxylic acids is 1. The Bertz CT molecular complexity index is 1110. The zero-order chi connectivity index (χ0) is 19.8. The Morgan fingerprint density at radius 2 is 1.97 bits per heavy atom. The molecule has 29 heavy (non-hydrogen) atoms. The highest BCUT2D eigenvalue weighted by atomic mass is 19.1. The second-order valence-electron chi connectivity index (χ2n) is 7.24. The number of hydrogen-bond donors (Lipinski definition) is 2. The van der Waals surface area contributed by atoms with Crippen LogP contribution >= 0.6 is 0 Å². The van der Waals surface area contributed by atoms with E-state index >= 15 is 0 Å². The number of aromatic nitrogens is 3. The Labute approximate surface area is 166 Å². The highest BCUT2D eigenvalue weighted by Gasteiger charge is 2.29. The molecule has 1 aromatic heterocycles. The van der Waals surface area contributed by atoms with Crippen LogP contribution in [0.4, 0.5) is 10.1 Å². The SMILES string of the molecule is O=C(Nc1cccc(-c2n[nH]c(C3CC3)n2)c1)C1CC(c2cccc(F)c2)=NO1. The fourth-order valence-electron chi connectivity index (χ4n) is 3.26. The molecule has 2 N–H and O–H groups in total. The molecule has 0 spiro atoms. The van der Waals surface area contributed by atoms with E-state index in [-0.39, 0.29) is 18.1 Å². The first-order valence-corrected chi connectivity index (χ1v) is 9.48. The predicted molar refractivity (Wildman–Crippen MR) is 105 cm³/mol. The number of rotatable bonds is 5. The molecule has 2 heterocycles. The van der Waals surface area contributed by atoms with Crippen LogP contribution in [-0.2, 0) is 9.63 Å². The molecule has 2 aliphatic rings. The average molecular weight is 391 g/mol. The van der Waals surface area contributed by atoms with Crippen molar-refractivity contribution in [2.75, 3.05) is 5.32 Å². The summed E-state index contributed by atoms with van der Waals surface area (Å²) in [5.74, 6) is 1.34. The van der Waals surface area contributed by atoms with Crippen molar-refractivity contribution in [3.05, 3.63) is 65.7 Å². The van der Waals surface area contributed by atoms with E-state index in [2.05, 4.69) is 25.7 Å². The second kappa shape index (κ2) is 7.12. The zero-order valence-corrected chi connectivity index (χ0v) is 15.4. The number of amides is 1. The lowest BCUT2D eigenvalue weighted by Gasteiger charge is -2.10. The van der Waals surface area contributed by atoms with Gasteiger partial charge in [0.1, 0.15) is 11.6 Å². The molecule has 1 atom stereocenters. The first-order valence-electron chi connectivity index (χ1n) is 9.48. The molecule has 1 aliphatic carbocycles. The summed E-state index contributed by atoms with van der Waals surface area (Å²) >= 11 is 0. The zero-order valence-electron chi connectivity index (χ0n) is 15.4. The smallest absolute Gasteiger partial charge is 0.268 e. The molecular weight excluding hydrogens is 373 g/mol. The van der Waals surface area contributed by atoms with E-state index in [1.807, 2.05) is 18.2 Å². The molecule has 0 saturated heterocycles. The van der Waals surface area contributed by atoms with E-state index in [9.17, 15) is 9.18 Å². The molecule has 1 unspecified atom stereocenters. The minimum atomic E-state index is -0.762. The topological polar surface area (TPSA) is 92.3 Å². The molecule has 3 aromatic rings. The van der Waals surface area contributed by atoms with Gasteiger partial charge < -0.3 is 10.2 Å². The number of oxime groups is 1. The van der Waals surface area contributed by atoms with Gasteiger partial charge in [-0.15, -0.1) is 0 Å². The first kappa shape index (κ1) is 17.5. The van der Waals surface area contributed by atoms with E-state index in [0.29, 0.717) is 28.7 Å². The van der Waals surface area contributed by atoms with E-state index in [0.717, 1.165) is 24.2 Å². The van der Waals surface area contributed by atoms with Gasteiger partial charge in [0.2, 0.25) is 6.10 Å². The van der Waals surface area contributed by atoms with Crippen molar-refractivity contribution in [3.8, 4) is 11.4 Å². The lowest BCUT2D eigenvalue weighted by molar-refractivity contribution is -0.125. The number of benzene rings is 2. The summed E-state index contributed by atoms with van der Waals surface area (Å²) in [6.07, 6.45) is 1.81. The Morgan fingerprint density at radius 1 is 1.14 bits per heavy atom. The summed E-state index contributed by atoms with van der Waals surface area (Å²) in [6.45, 7) is 0. The molecule has 5 rings (SSSR count). The number of H-pyrrole nitrogens is 1. The van der Waals surface area contributed by atoms with Gasteiger partial charge in [-0.3, -0.25) is 9.89 Å². The van der Waals surface area contributed by atoms with Gasteiger partial charge in [-0.2, -0.15) is 5.10 Å². The fraction of sp³-hybridized carbons (Fsp3) is 0.238. The van der Waals surface area contributed by atoms with Crippen LogP contribution in [0.3, 0.4) is 0 Å². The summed E-state index contributed by atoms with van der Waals surface area (Å²) in [5, 5.41) is 14.0. The maximum absolute atomic E-state index is 13.4. The third-order valence-corrected chi connectivity index (χ3v) is 4.97. The molecular formula is C21H18FN5O2. The Morgan fingerprint density at radius 3 is 2.79 bits per heavy atom. The maximum atomic E-state index is 13.4. The Hall–Kier alpha value is -3.55. The Kier molecular flexibility index (Phi) is 4.31. The van der Waals surface area contributed by atoms with Crippen LogP contribution in [0.5, 0.6) is 0 Å². The number of aromatic amines is 1. The molecule has 0 radical (unpaired) electrons. The lowest BCUT2D eigenvalue weighted by atomic mass is 10.0. The quantitative estimate of drug-likeness (QED) is 0.695. The van der Waals surface area contributed by atoms with Crippen LogP contribution in [0, 0.1) is 5.82 Å². The highest BCUT2D eigenvalue weighted by molar-refractivity contribution is 6.06. The van der Waals surface area contributed by atoms with Crippen LogP contribution in [0.1, 0.15) is 36.6 Å². The van der Waals surface area contributed by atoms with Gasteiger partial charge in [-0.05, 0) is 37.1 Å². The van der Waals surface area contributed by atoms with Gasteiger partial charge in [-0.1, -0.05) is 29.4 Å². The molecule has 8 heteroatoms. The number of carbonyl (C=O) groups is 1. The Balaban J connectivity index is 1.25. The minimum absolute atomic E-state index is 0.278. The van der Waals surface area contributed by atoms with E-state index in [1.54, 1.807) is 18.2 Å². The molecule has 2 aromatic carbocycles. The normalized spacial score (nSPS) is 18.2. The van der Waals surface area contributed by atoms with E-state index in [4.69, 9.17) is 4.84 Å². The number of halogens is 1. The molecule has 1 amide bonds. The van der Waals surface area contributed by atoms with Gasteiger partial charge >= 0.3 is 0 Å². The van der Waals surface area contributed by atoms with Crippen molar-refractivity contribution in [2.24, 2.45) is 5.16 Å². The van der Waals surface area contributed by atoms with Crippen molar-refractivity contribution < 1.29 is 14.0 Å². The predicted octanol–water partition coefficient (Wildman–Crippen LogP) is 3.62. The fourth-order valence-corrected chi connectivity index (χ4v) is 3.26. The molecule has 0 bridgehead atoms. The van der Waals surface area contributed by atoms with Crippen molar-refractivity contribution in [3.63, 3.8) is 0 Å². The third-order valence-electron chi connectivity index (χ3n) is 4.97.